The van der Waals surface area contributed by atoms with E-state index in [-0.39, 0.29) is 30.5 Å². The number of ether oxygens (including phenoxy) is 2. The SMILES string of the molecule is CC(OCC1CCCO1)C(=O)N1CCC(N2CCNCC2)C1.Cl. The minimum absolute atomic E-state index is 0. The van der Waals surface area contributed by atoms with E-state index in [1.54, 1.807) is 0 Å². The van der Waals surface area contributed by atoms with Crippen molar-refractivity contribution in [2.45, 2.75) is 44.4 Å². The zero-order chi connectivity index (χ0) is 15.4. The fourth-order valence-electron chi connectivity index (χ4n) is 3.64. The summed E-state index contributed by atoms with van der Waals surface area (Å²) in [6, 6.07) is 0.524. The monoisotopic (exact) mass is 347 g/mol. The molecule has 6 nitrogen and oxygen atoms in total. The van der Waals surface area contributed by atoms with Crippen LogP contribution >= 0.6 is 12.4 Å². The van der Waals surface area contributed by atoms with Gasteiger partial charge in [-0.2, -0.15) is 0 Å². The number of hydrogen-bond donors (Lipinski definition) is 1. The van der Waals surface area contributed by atoms with E-state index in [0.29, 0.717) is 12.6 Å². The predicted octanol–water partition coefficient (Wildman–Crippen LogP) is 0.498. The van der Waals surface area contributed by atoms with Crippen molar-refractivity contribution in [1.82, 2.24) is 15.1 Å². The number of hydrogen-bond acceptors (Lipinski definition) is 5. The summed E-state index contributed by atoms with van der Waals surface area (Å²) in [5.41, 5.74) is 0. The van der Waals surface area contributed by atoms with Crippen molar-refractivity contribution in [3.8, 4) is 0 Å². The van der Waals surface area contributed by atoms with Crippen molar-refractivity contribution in [3.05, 3.63) is 0 Å². The van der Waals surface area contributed by atoms with Gasteiger partial charge < -0.3 is 19.7 Å². The van der Waals surface area contributed by atoms with E-state index in [1.165, 1.54) is 0 Å². The predicted molar refractivity (Wildman–Crippen MR) is 91.1 cm³/mol. The average Bonchev–Trinajstić information content (AvgIpc) is 3.24. The Morgan fingerprint density at radius 3 is 2.78 bits per heavy atom. The van der Waals surface area contributed by atoms with Gasteiger partial charge in [0.2, 0.25) is 0 Å². The largest absolute Gasteiger partial charge is 0.376 e. The van der Waals surface area contributed by atoms with E-state index >= 15 is 0 Å². The molecule has 0 aromatic heterocycles. The molecule has 1 amide bonds. The molecule has 0 radical (unpaired) electrons. The second-order valence-electron chi connectivity index (χ2n) is 6.62. The number of likely N-dealkylation sites (tertiary alicyclic amines) is 1. The molecule has 3 saturated heterocycles. The molecule has 3 aliphatic heterocycles. The molecular formula is C16H30ClN3O3. The summed E-state index contributed by atoms with van der Waals surface area (Å²) in [4.78, 5) is 17.0. The van der Waals surface area contributed by atoms with Gasteiger partial charge in [-0.05, 0) is 26.2 Å². The Morgan fingerprint density at radius 1 is 1.30 bits per heavy atom. The summed E-state index contributed by atoms with van der Waals surface area (Å²) in [6.07, 6.45) is 3.07. The van der Waals surface area contributed by atoms with E-state index in [1.807, 2.05) is 11.8 Å². The molecule has 0 bridgehead atoms. The summed E-state index contributed by atoms with van der Waals surface area (Å²) >= 11 is 0. The summed E-state index contributed by atoms with van der Waals surface area (Å²) < 4.78 is 11.3. The lowest BCUT2D eigenvalue weighted by molar-refractivity contribution is -0.143. The highest BCUT2D eigenvalue weighted by Gasteiger charge is 2.33. The Bertz CT molecular complexity index is 374. The van der Waals surface area contributed by atoms with Gasteiger partial charge in [0.05, 0.1) is 12.7 Å². The maximum absolute atomic E-state index is 12.5. The molecule has 3 aliphatic rings. The lowest BCUT2D eigenvalue weighted by Crippen LogP contribution is -2.49. The number of nitrogens with zero attached hydrogens (tertiary/aromatic N) is 2. The molecule has 0 aromatic carbocycles. The second-order valence-corrected chi connectivity index (χ2v) is 6.62. The van der Waals surface area contributed by atoms with Gasteiger partial charge in [0.25, 0.3) is 5.91 Å². The van der Waals surface area contributed by atoms with Gasteiger partial charge in [0, 0.05) is 51.9 Å². The fraction of sp³-hybridized carbons (Fsp3) is 0.938. The molecule has 7 heteroatoms. The molecule has 3 unspecified atom stereocenters. The van der Waals surface area contributed by atoms with E-state index in [0.717, 1.165) is 65.1 Å². The van der Waals surface area contributed by atoms with Gasteiger partial charge in [-0.3, -0.25) is 9.69 Å². The quantitative estimate of drug-likeness (QED) is 0.785. The third kappa shape index (κ3) is 5.03. The van der Waals surface area contributed by atoms with Crippen LogP contribution in [0.3, 0.4) is 0 Å². The molecule has 0 aliphatic carbocycles. The minimum Gasteiger partial charge on any atom is -0.376 e. The van der Waals surface area contributed by atoms with Crippen LogP contribution in [-0.4, -0.2) is 86.4 Å². The van der Waals surface area contributed by atoms with Crippen LogP contribution in [0.4, 0.5) is 0 Å². The third-order valence-electron chi connectivity index (χ3n) is 5.05. The number of amides is 1. The van der Waals surface area contributed by atoms with Crippen LogP contribution in [0.1, 0.15) is 26.2 Å². The Balaban J connectivity index is 0.00000192. The number of carbonyl (C=O) groups excluding carboxylic acids is 1. The molecule has 1 N–H and O–H groups in total. The summed E-state index contributed by atoms with van der Waals surface area (Å²) in [5, 5.41) is 3.38. The first kappa shape index (κ1) is 18.9. The van der Waals surface area contributed by atoms with Gasteiger partial charge in [0.15, 0.2) is 0 Å². The fourth-order valence-corrected chi connectivity index (χ4v) is 3.64. The standard InChI is InChI=1S/C16H29N3O3.ClH/c1-13(22-12-15-3-2-10-21-15)16(20)19-7-4-14(11-19)18-8-5-17-6-9-18;/h13-15,17H,2-12H2,1H3;1H. The first-order chi connectivity index (χ1) is 10.7. The van der Waals surface area contributed by atoms with Crippen LogP contribution in [0.2, 0.25) is 0 Å². The van der Waals surface area contributed by atoms with Crippen LogP contribution in [0, 0.1) is 0 Å². The van der Waals surface area contributed by atoms with E-state index < -0.39 is 0 Å². The highest BCUT2D eigenvalue weighted by molar-refractivity contribution is 5.85. The first-order valence-corrected chi connectivity index (χ1v) is 8.71. The van der Waals surface area contributed by atoms with Crippen molar-refractivity contribution in [1.29, 1.82) is 0 Å². The number of piperazine rings is 1. The first-order valence-electron chi connectivity index (χ1n) is 8.71. The smallest absolute Gasteiger partial charge is 0.251 e. The highest BCUT2D eigenvalue weighted by Crippen LogP contribution is 2.18. The van der Waals surface area contributed by atoms with Crippen molar-refractivity contribution in [3.63, 3.8) is 0 Å². The lowest BCUT2D eigenvalue weighted by atomic mass is 10.2. The Hall–Kier alpha value is -0.400. The Kier molecular flexibility index (Phi) is 7.56. The maximum atomic E-state index is 12.5. The zero-order valence-electron chi connectivity index (χ0n) is 14.0. The second kappa shape index (κ2) is 9.18. The van der Waals surface area contributed by atoms with Crippen LogP contribution < -0.4 is 5.32 Å². The van der Waals surface area contributed by atoms with Crippen LogP contribution in [0.25, 0.3) is 0 Å². The van der Waals surface area contributed by atoms with Crippen molar-refractivity contribution in [2.24, 2.45) is 0 Å². The van der Waals surface area contributed by atoms with Crippen LogP contribution in [0.15, 0.2) is 0 Å². The van der Waals surface area contributed by atoms with E-state index in [2.05, 4.69) is 10.2 Å². The van der Waals surface area contributed by atoms with Crippen molar-refractivity contribution >= 4 is 18.3 Å². The summed E-state index contributed by atoms with van der Waals surface area (Å²) in [7, 11) is 0. The average molecular weight is 348 g/mol. The highest BCUT2D eigenvalue weighted by atomic mass is 35.5. The molecule has 3 atom stereocenters. The summed E-state index contributed by atoms with van der Waals surface area (Å²) in [6.45, 7) is 9.27. The zero-order valence-corrected chi connectivity index (χ0v) is 14.9. The van der Waals surface area contributed by atoms with Gasteiger partial charge in [-0.1, -0.05) is 0 Å². The topological polar surface area (TPSA) is 54.0 Å². The summed E-state index contributed by atoms with van der Waals surface area (Å²) in [5.74, 6) is 0.135. The van der Waals surface area contributed by atoms with Crippen molar-refractivity contribution < 1.29 is 14.3 Å². The van der Waals surface area contributed by atoms with E-state index in [9.17, 15) is 4.79 Å². The molecule has 0 spiro atoms. The minimum atomic E-state index is -0.356. The van der Waals surface area contributed by atoms with Crippen molar-refractivity contribution in [2.75, 3.05) is 52.5 Å². The lowest BCUT2D eigenvalue weighted by Gasteiger charge is -2.32. The maximum Gasteiger partial charge on any atom is 0.251 e. The van der Waals surface area contributed by atoms with Crippen LogP contribution in [-0.2, 0) is 14.3 Å². The Labute approximate surface area is 145 Å². The number of rotatable bonds is 5. The molecule has 0 saturated carbocycles. The normalized spacial score (nSPS) is 30.2. The Morgan fingerprint density at radius 2 is 2.09 bits per heavy atom. The third-order valence-corrected chi connectivity index (χ3v) is 5.05. The molecule has 0 aromatic rings. The number of carbonyl (C=O) groups is 1. The van der Waals surface area contributed by atoms with Gasteiger partial charge in [-0.25, -0.2) is 0 Å². The molecule has 23 heavy (non-hydrogen) atoms. The molecular weight excluding hydrogens is 318 g/mol. The molecule has 3 fully saturated rings. The van der Waals surface area contributed by atoms with Gasteiger partial charge in [0.1, 0.15) is 6.10 Å². The number of halogens is 1. The van der Waals surface area contributed by atoms with Gasteiger partial charge >= 0.3 is 0 Å². The van der Waals surface area contributed by atoms with Crippen LogP contribution in [0.5, 0.6) is 0 Å². The molecule has 3 heterocycles. The molecule has 134 valence electrons. The van der Waals surface area contributed by atoms with Gasteiger partial charge in [-0.15, -0.1) is 12.4 Å². The molecule has 3 rings (SSSR count). The number of nitrogens with one attached hydrogen (secondary N) is 1. The van der Waals surface area contributed by atoms with E-state index in [4.69, 9.17) is 9.47 Å².